The van der Waals surface area contributed by atoms with Crippen molar-refractivity contribution in [3.63, 3.8) is 0 Å². The number of rotatable bonds is 8. The second-order valence-electron chi connectivity index (χ2n) is 4.53. The van der Waals surface area contributed by atoms with Crippen molar-refractivity contribution in [1.82, 2.24) is 5.32 Å². The van der Waals surface area contributed by atoms with E-state index >= 15 is 0 Å². The van der Waals surface area contributed by atoms with Gasteiger partial charge in [0.15, 0.2) is 0 Å². The molecule has 108 valence electrons. The van der Waals surface area contributed by atoms with E-state index in [1.807, 2.05) is 13.0 Å². The second kappa shape index (κ2) is 10.9. The zero-order valence-corrected chi connectivity index (χ0v) is 12.6. The third kappa shape index (κ3) is 7.43. The monoisotopic (exact) mass is 273 g/mol. The Labute approximate surface area is 122 Å². The molecule has 1 nitrogen and oxygen atoms in total. The van der Waals surface area contributed by atoms with Gasteiger partial charge in [-0.05, 0) is 43.1 Å². The summed E-state index contributed by atoms with van der Waals surface area (Å²) in [5.74, 6) is 2.64. The molecule has 1 N–H and O–H groups in total. The fraction of sp³-hybridized carbons (Fsp3) is 0.333. The van der Waals surface area contributed by atoms with Gasteiger partial charge in [-0.2, -0.15) is 0 Å². The molecule has 0 atom stereocenters. The molecule has 0 aromatic heterocycles. The molecule has 0 aromatic rings. The zero-order chi connectivity index (χ0) is 15.4. The highest BCUT2D eigenvalue weighted by Gasteiger charge is 2.07. The van der Waals surface area contributed by atoms with E-state index in [-0.39, 0.29) is 5.83 Å². The van der Waals surface area contributed by atoms with Crippen LogP contribution in [-0.2, 0) is 0 Å². The fourth-order valence-corrected chi connectivity index (χ4v) is 1.67. The molecule has 0 saturated heterocycles. The molecule has 0 unspecified atom stereocenters. The Kier molecular flexibility index (Phi) is 9.78. The van der Waals surface area contributed by atoms with Crippen LogP contribution in [0.4, 0.5) is 4.39 Å². The lowest BCUT2D eigenvalue weighted by Gasteiger charge is -2.16. The van der Waals surface area contributed by atoms with E-state index in [0.29, 0.717) is 5.92 Å². The third-order valence-electron chi connectivity index (χ3n) is 2.64. The van der Waals surface area contributed by atoms with Crippen molar-refractivity contribution in [1.29, 1.82) is 0 Å². The molecule has 0 amide bonds. The number of allylic oxidation sites excluding steroid dienone is 7. The largest absolute Gasteiger partial charge is 0.385 e. The normalized spacial score (nSPS) is 13.7. The van der Waals surface area contributed by atoms with Crippen molar-refractivity contribution in [2.24, 2.45) is 5.92 Å². The highest BCUT2D eigenvalue weighted by atomic mass is 19.1. The fourth-order valence-electron chi connectivity index (χ4n) is 1.67. The lowest BCUT2D eigenvalue weighted by Crippen LogP contribution is -2.18. The van der Waals surface area contributed by atoms with Crippen molar-refractivity contribution in [2.45, 2.75) is 27.2 Å². The number of terminal acetylenes is 1. The molecule has 0 spiro atoms. The highest BCUT2D eigenvalue weighted by molar-refractivity contribution is 5.35. The summed E-state index contributed by atoms with van der Waals surface area (Å²) in [4.78, 5) is 0. The molecule has 0 saturated carbocycles. The Morgan fingerprint density at radius 2 is 2.15 bits per heavy atom. The molecular weight excluding hydrogens is 249 g/mol. The zero-order valence-electron chi connectivity index (χ0n) is 12.6. The van der Waals surface area contributed by atoms with Gasteiger partial charge in [0.1, 0.15) is 5.83 Å². The molecule has 0 aromatic carbocycles. The second-order valence-corrected chi connectivity index (χ2v) is 4.53. The van der Waals surface area contributed by atoms with Gasteiger partial charge in [-0.1, -0.05) is 44.6 Å². The van der Waals surface area contributed by atoms with E-state index in [0.717, 1.165) is 24.2 Å². The standard InChI is InChI=1S/C18H24FN/c1-6-11-16(19)13-9-10-14-20-18(8-3)17(12-7-2)15(4)5/h2,6,8-9,11-13,15,20H,1,10,14H2,3-5H3/b13-9-,16-11+,17-12-,18-8+. The van der Waals surface area contributed by atoms with Crippen molar-refractivity contribution in [3.8, 4) is 12.3 Å². The Morgan fingerprint density at radius 1 is 1.45 bits per heavy atom. The van der Waals surface area contributed by atoms with Gasteiger partial charge in [0.05, 0.1) is 0 Å². The first-order valence-electron chi connectivity index (χ1n) is 6.78. The van der Waals surface area contributed by atoms with Gasteiger partial charge in [0, 0.05) is 12.2 Å². The first-order valence-corrected chi connectivity index (χ1v) is 6.78. The summed E-state index contributed by atoms with van der Waals surface area (Å²) >= 11 is 0. The lowest BCUT2D eigenvalue weighted by molar-refractivity contribution is 0.665. The summed E-state index contributed by atoms with van der Waals surface area (Å²) in [7, 11) is 0. The average Bonchev–Trinajstić information content (AvgIpc) is 2.41. The minimum atomic E-state index is -0.290. The van der Waals surface area contributed by atoms with Crippen LogP contribution < -0.4 is 5.32 Å². The van der Waals surface area contributed by atoms with E-state index in [1.54, 1.807) is 12.2 Å². The maximum atomic E-state index is 13.0. The maximum absolute atomic E-state index is 13.0. The Bertz CT molecular complexity index is 456. The van der Waals surface area contributed by atoms with Crippen LogP contribution in [0.25, 0.3) is 0 Å². The molecule has 0 fully saturated rings. The van der Waals surface area contributed by atoms with Crippen LogP contribution in [0, 0.1) is 18.3 Å². The summed E-state index contributed by atoms with van der Waals surface area (Å²) in [5, 5.41) is 3.33. The smallest absolute Gasteiger partial charge is 0.122 e. The quantitative estimate of drug-likeness (QED) is 0.384. The first-order chi connectivity index (χ1) is 9.56. The molecule has 0 aliphatic heterocycles. The van der Waals surface area contributed by atoms with Gasteiger partial charge in [0.2, 0.25) is 0 Å². The van der Waals surface area contributed by atoms with Gasteiger partial charge >= 0.3 is 0 Å². The van der Waals surface area contributed by atoms with Crippen molar-refractivity contribution < 1.29 is 4.39 Å². The first kappa shape index (κ1) is 18.0. The predicted molar refractivity (Wildman–Crippen MR) is 86.7 cm³/mol. The van der Waals surface area contributed by atoms with Crippen LogP contribution >= 0.6 is 0 Å². The van der Waals surface area contributed by atoms with Crippen LogP contribution in [0.5, 0.6) is 0 Å². The van der Waals surface area contributed by atoms with Gasteiger partial charge in [-0.3, -0.25) is 0 Å². The summed E-state index contributed by atoms with van der Waals surface area (Å²) < 4.78 is 13.0. The van der Waals surface area contributed by atoms with E-state index in [4.69, 9.17) is 6.42 Å². The Balaban J connectivity index is 4.43. The van der Waals surface area contributed by atoms with Gasteiger partial charge in [-0.15, -0.1) is 6.42 Å². The van der Waals surface area contributed by atoms with E-state index in [9.17, 15) is 4.39 Å². The van der Waals surface area contributed by atoms with Gasteiger partial charge < -0.3 is 5.32 Å². The number of halogens is 1. The molecule has 0 heterocycles. The third-order valence-corrected chi connectivity index (χ3v) is 2.64. The summed E-state index contributed by atoms with van der Waals surface area (Å²) in [5.41, 5.74) is 2.14. The van der Waals surface area contributed by atoms with Crippen molar-refractivity contribution in [3.05, 3.63) is 60.1 Å². The Hall–Kier alpha value is -2.01. The van der Waals surface area contributed by atoms with Crippen molar-refractivity contribution in [2.75, 3.05) is 6.54 Å². The molecule has 2 heteroatoms. The number of hydrogen-bond acceptors (Lipinski definition) is 1. The summed E-state index contributed by atoms with van der Waals surface area (Å²) in [6, 6.07) is 0. The predicted octanol–water partition coefficient (Wildman–Crippen LogP) is 4.68. The summed E-state index contributed by atoms with van der Waals surface area (Å²) in [6.07, 6.45) is 15.9. The van der Waals surface area contributed by atoms with Gasteiger partial charge in [-0.25, -0.2) is 4.39 Å². The van der Waals surface area contributed by atoms with Crippen LogP contribution in [0.3, 0.4) is 0 Å². The van der Waals surface area contributed by atoms with Crippen LogP contribution in [0.15, 0.2) is 60.1 Å². The van der Waals surface area contributed by atoms with Crippen molar-refractivity contribution >= 4 is 0 Å². The molecule has 0 radical (unpaired) electrons. The number of hydrogen-bond donors (Lipinski definition) is 1. The SMILES string of the molecule is C#C/C=C(\C(=C/C)NCC/C=C\C(F)=C/C=C)C(C)C. The van der Waals surface area contributed by atoms with Crippen LogP contribution in [0.1, 0.15) is 27.2 Å². The highest BCUT2D eigenvalue weighted by Crippen LogP contribution is 2.17. The summed E-state index contributed by atoms with van der Waals surface area (Å²) in [6.45, 7) is 10.3. The average molecular weight is 273 g/mol. The lowest BCUT2D eigenvalue weighted by atomic mass is 9.99. The molecule has 0 aliphatic carbocycles. The topological polar surface area (TPSA) is 12.0 Å². The van der Waals surface area contributed by atoms with E-state index in [1.165, 1.54) is 18.2 Å². The van der Waals surface area contributed by atoms with E-state index in [2.05, 4.69) is 31.7 Å². The minimum absolute atomic E-state index is 0.290. The maximum Gasteiger partial charge on any atom is 0.122 e. The Morgan fingerprint density at radius 3 is 2.65 bits per heavy atom. The molecule has 0 aliphatic rings. The molecular formula is C18H24FN. The molecule has 0 bridgehead atoms. The van der Waals surface area contributed by atoms with E-state index < -0.39 is 0 Å². The number of nitrogens with one attached hydrogen (secondary N) is 1. The minimum Gasteiger partial charge on any atom is -0.385 e. The van der Waals surface area contributed by atoms with Crippen LogP contribution in [-0.4, -0.2) is 6.54 Å². The molecule has 0 rings (SSSR count). The van der Waals surface area contributed by atoms with Crippen LogP contribution in [0.2, 0.25) is 0 Å². The molecule has 20 heavy (non-hydrogen) atoms. The van der Waals surface area contributed by atoms with Gasteiger partial charge in [0.25, 0.3) is 0 Å².